The fourth-order valence-electron chi connectivity index (χ4n) is 1.85. The highest BCUT2D eigenvalue weighted by atomic mass is 16.2. The summed E-state index contributed by atoms with van der Waals surface area (Å²) in [6.07, 6.45) is 1.49. The summed E-state index contributed by atoms with van der Waals surface area (Å²) >= 11 is 0. The third-order valence-electron chi connectivity index (χ3n) is 2.69. The molecule has 2 N–H and O–H groups in total. The Labute approximate surface area is 92.4 Å². The van der Waals surface area contributed by atoms with Gasteiger partial charge in [0, 0.05) is 31.1 Å². The molecule has 0 saturated carbocycles. The first kappa shape index (κ1) is 12.5. The van der Waals surface area contributed by atoms with E-state index in [1.165, 1.54) is 0 Å². The Kier molecular flexibility index (Phi) is 3.73. The van der Waals surface area contributed by atoms with Crippen LogP contribution in [-0.2, 0) is 4.79 Å². The fraction of sp³-hybridized carbons (Fsp3) is 0.909. The molecule has 1 amide bonds. The maximum absolute atomic E-state index is 11.7. The van der Waals surface area contributed by atoms with E-state index in [1.54, 1.807) is 0 Å². The van der Waals surface area contributed by atoms with Crippen molar-refractivity contribution in [2.75, 3.05) is 13.1 Å². The average Bonchev–Trinajstić information content (AvgIpc) is 2.42. The van der Waals surface area contributed by atoms with Crippen molar-refractivity contribution in [2.45, 2.75) is 52.1 Å². The van der Waals surface area contributed by atoms with Gasteiger partial charge in [0.05, 0.1) is 0 Å². The topological polar surface area (TPSA) is 49.6 Å². The molecule has 1 saturated heterocycles. The van der Waals surface area contributed by atoms with E-state index < -0.39 is 0 Å². The molecule has 15 heavy (non-hydrogen) atoms. The molecule has 4 heteroatoms. The van der Waals surface area contributed by atoms with Gasteiger partial charge in [0.2, 0.25) is 5.91 Å². The van der Waals surface area contributed by atoms with Crippen molar-refractivity contribution in [1.29, 1.82) is 0 Å². The van der Waals surface area contributed by atoms with Crippen LogP contribution in [0.3, 0.4) is 0 Å². The zero-order valence-corrected chi connectivity index (χ0v) is 10.3. The van der Waals surface area contributed by atoms with Crippen LogP contribution in [0.25, 0.3) is 0 Å². The average molecular weight is 213 g/mol. The minimum atomic E-state index is 0.0179. The summed E-state index contributed by atoms with van der Waals surface area (Å²) in [6.45, 7) is 9.94. The molecule has 0 aromatic rings. The Balaban J connectivity index is 2.61. The molecule has 1 rings (SSSR count). The smallest absolute Gasteiger partial charge is 0.238 e. The van der Waals surface area contributed by atoms with E-state index in [0.717, 1.165) is 19.5 Å². The molecule has 0 spiro atoms. The highest BCUT2D eigenvalue weighted by Crippen LogP contribution is 2.23. The number of rotatable bonds is 3. The van der Waals surface area contributed by atoms with Crippen molar-refractivity contribution in [3.05, 3.63) is 0 Å². The Morgan fingerprint density at radius 3 is 2.53 bits per heavy atom. The maximum atomic E-state index is 11.7. The quantitative estimate of drug-likeness (QED) is 0.760. The van der Waals surface area contributed by atoms with Gasteiger partial charge in [0.25, 0.3) is 0 Å². The molecular weight excluding hydrogens is 190 g/mol. The summed E-state index contributed by atoms with van der Waals surface area (Å²) in [6, 6.07) is 0.153. The third-order valence-corrected chi connectivity index (χ3v) is 2.69. The van der Waals surface area contributed by atoms with Crippen molar-refractivity contribution >= 4 is 5.91 Å². The summed E-state index contributed by atoms with van der Waals surface area (Å²) in [5.74, 6) is 0.227. The maximum Gasteiger partial charge on any atom is 0.238 e. The van der Waals surface area contributed by atoms with Crippen LogP contribution in [-0.4, -0.2) is 40.6 Å². The van der Waals surface area contributed by atoms with Gasteiger partial charge >= 0.3 is 0 Å². The lowest BCUT2D eigenvalue weighted by atomic mass is 10.1. The Hall–Kier alpha value is -0.610. The number of carbonyl (C=O) groups excluding carboxylic acids is 1. The van der Waals surface area contributed by atoms with E-state index in [9.17, 15) is 4.79 Å². The van der Waals surface area contributed by atoms with E-state index >= 15 is 0 Å². The van der Waals surface area contributed by atoms with Gasteiger partial charge in [-0.25, -0.2) is 5.01 Å². The summed E-state index contributed by atoms with van der Waals surface area (Å²) in [4.78, 5) is 11.7. The van der Waals surface area contributed by atoms with Gasteiger partial charge in [0.15, 0.2) is 0 Å². The van der Waals surface area contributed by atoms with Crippen molar-refractivity contribution in [3.8, 4) is 0 Å². The molecule has 88 valence electrons. The molecule has 1 aliphatic heterocycles. The van der Waals surface area contributed by atoms with Crippen LogP contribution in [0.2, 0.25) is 0 Å². The normalized spacial score (nSPS) is 21.1. The number of hydrogen-bond donors (Lipinski definition) is 1. The summed E-state index contributed by atoms with van der Waals surface area (Å²) < 4.78 is 0. The number of hydrazine groups is 1. The second-order valence-electron chi connectivity index (χ2n) is 5.33. The Morgan fingerprint density at radius 1 is 1.47 bits per heavy atom. The molecule has 0 aromatic carbocycles. The molecule has 0 bridgehead atoms. The number of hydrogen-bond acceptors (Lipinski definition) is 3. The zero-order valence-electron chi connectivity index (χ0n) is 10.3. The molecule has 1 unspecified atom stereocenters. The second-order valence-corrected chi connectivity index (χ2v) is 5.33. The van der Waals surface area contributed by atoms with E-state index in [-0.39, 0.29) is 17.5 Å². The molecule has 1 fully saturated rings. The van der Waals surface area contributed by atoms with E-state index in [2.05, 4.69) is 25.8 Å². The van der Waals surface area contributed by atoms with Crippen LogP contribution in [0.15, 0.2) is 0 Å². The van der Waals surface area contributed by atoms with Gasteiger partial charge in [-0.1, -0.05) is 0 Å². The predicted molar refractivity (Wildman–Crippen MR) is 61.1 cm³/mol. The molecule has 0 aromatic heterocycles. The van der Waals surface area contributed by atoms with Gasteiger partial charge in [-0.2, -0.15) is 0 Å². The lowest BCUT2D eigenvalue weighted by molar-refractivity contribution is -0.144. The molecule has 0 aliphatic carbocycles. The predicted octanol–water partition coefficient (Wildman–Crippen LogP) is 0.971. The number of nitrogens with zero attached hydrogens (tertiary/aromatic N) is 2. The van der Waals surface area contributed by atoms with Crippen molar-refractivity contribution in [1.82, 2.24) is 10.0 Å². The van der Waals surface area contributed by atoms with E-state index in [0.29, 0.717) is 6.42 Å². The van der Waals surface area contributed by atoms with E-state index in [4.69, 9.17) is 5.73 Å². The van der Waals surface area contributed by atoms with Crippen molar-refractivity contribution in [2.24, 2.45) is 5.73 Å². The molecule has 1 atom stereocenters. The van der Waals surface area contributed by atoms with Crippen LogP contribution < -0.4 is 5.73 Å². The molecule has 1 heterocycles. The minimum absolute atomic E-state index is 0.0179. The van der Waals surface area contributed by atoms with Gasteiger partial charge in [-0.15, -0.1) is 0 Å². The largest absolute Gasteiger partial charge is 0.328 e. The first-order valence-electron chi connectivity index (χ1n) is 5.66. The number of amides is 1. The molecule has 1 aliphatic rings. The lowest BCUT2D eigenvalue weighted by Crippen LogP contribution is -2.50. The van der Waals surface area contributed by atoms with Crippen LogP contribution in [0.5, 0.6) is 0 Å². The standard InChI is InChI=1S/C11H23N3O/c1-9(12)5-7-13-10(15)6-8-14(13)11(2,3)4/h9H,5-8,12H2,1-4H3. The summed E-state index contributed by atoms with van der Waals surface area (Å²) in [5, 5.41) is 4.01. The molecule has 0 radical (unpaired) electrons. The number of nitrogens with two attached hydrogens (primary N) is 1. The lowest BCUT2D eigenvalue weighted by Gasteiger charge is -2.38. The van der Waals surface area contributed by atoms with Crippen LogP contribution >= 0.6 is 0 Å². The second kappa shape index (κ2) is 4.49. The SMILES string of the molecule is CC(N)CCN1C(=O)CCN1C(C)(C)C. The molecule has 4 nitrogen and oxygen atoms in total. The van der Waals surface area contributed by atoms with Gasteiger partial charge in [-0.05, 0) is 34.1 Å². The summed E-state index contributed by atoms with van der Waals surface area (Å²) in [5.41, 5.74) is 5.73. The first-order valence-corrected chi connectivity index (χ1v) is 5.66. The van der Waals surface area contributed by atoms with Crippen LogP contribution in [0.1, 0.15) is 40.5 Å². The number of carbonyl (C=O) groups is 1. The fourth-order valence-corrected chi connectivity index (χ4v) is 1.85. The molecular formula is C11H23N3O. The van der Waals surface area contributed by atoms with Gasteiger partial charge in [-0.3, -0.25) is 9.80 Å². The van der Waals surface area contributed by atoms with Crippen molar-refractivity contribution in [3.63, 3.8) is 0 Å². The Bertz CT molecular complexity index is 232. The Morgan fingerprint density at radius 2 is 2.07 bits per heavy atom. The minimum Gasteiger partial charge on any atom is -0.328 e. The van der Waals surface area contributed by atoms with Gasteiger partial charge < -0.3 is 5.73 Å². The summed E-state index contributed by atoms with van der Waals surface area (Å²) in [7, 11) is 0. The first-order chi connectivity index (χ1) is 6.82. The van der Waals surface area contributed by atoms with E-state index in [1.807, 2.05) is 11.9 Å². The van der Waals surface area contributed by atoms with Crippen LogP contribution in [0, 0.1) is 0 Å². The highest BCUT2D eigenvalue weighted by Gasteiger charge is 2.35. The highest BCUT2D eigenvalue weighted by molar-refractivity contribution is 5.77. The zero-order chi connectivity index (χ0) is 11.6. The van der Waals surface area contributed by atoms with Crippen molar-refractivity contribution < 1.29 is 4.79 Å². The third kappa shape index (κ3) is 3.18. The monoisotopic (exact) mass is 213 g/mol. The van der Waals surface area contributed by atoms with Crippen LogP contribution in [0.4, 0.5) is 0 Å². The van der Waals surface area contributed by atoms with Gasteiger partial charge in [0.1, 0.15) is 0 Å².